The Bertz CT molecular complexity index is 1350. The number of aromatic nitrogens is 1. The van der Waals surface area contributed by atoms with E-state index in [0.29, 0.717) is 38.6 Å². The van der Waals surface area contributed by atoms with Crippen molar-refractivity contribution in [3.8, 4) is 17.2 Å². The number of benzene rings is 3. The summed E-state index contributed by atoms with van der Waals surface area (Å²) in [6.07, 6.45) is 3.85. The number of hydrogen-bond acceptors (Lipinski definition) is 7. The zero-order valence-corrected chi connectivity index (χ0v) is 22.4. The molecule has 4 aromatic rings. The van der Waals surface area contributed by atoms with Crippen LogP contribution in [0.5, 0.6) is 5.75 Å². The first-order valence-corrected chi connectivity index (χ1v) is 13.1. The number of aryl methyl sites for hydroxylation is 1. The van der Waals surface area contributed by atoms with E-state index in [9.17, 15) is 4.79 Å². The Morgan fingerprint density at radius 2 is 1.74 bits per heavy atom. The molecule has 0 spiro atoms. The molecule has 0 bridgehead atoms. The summed E-state index contributed by atoms with van der Waals surface area (Å²) in [5, 5.41) is 0. The summed E-state index contributed by atoms with van der Waals surface area (Å²) in [4.78, 5) is 22.1. The predicted octanol–water partition coefficient (Wildman–Crippen LogP) is 7.02. The van der Waals surface area contributed by atoms with Crippen LogP contribution in [0.4, 0.5) is 0 Å². The topological polar surface area (TPSA) is 82.8 Å². The number of unbranched alkanes of at least 4 members (excludes halogenated alkanes) is 1. The molecule has 0 amide bonds. The van der Waals surface area contributed by atoms with Crippen LogP contribution in [0.1, 0.15) is 48.8 Å². The van der Waals surface area contributed by atoms with Crippen LogP contribution in [-0.2, 0) is 27.6 Å². The van der Waals surface area contributed by atoms with Crippen molar-refractivity contribution in [3.05, 3.63) is 114 Å². The lowest BCUT2D eigenvalue weighted by atomic mass is 10.1. The molecule has 0 saturated heterocycles. The molecule has 4 rings (SSSR count). The highest BCUT2D eigenvalue weighted by atomic mass is 16.6. The highest BCUT2D eigenvalue weighted by Gasteiger charge is 2.12. The highest BCUT2D eigenvalue weighted by Crippen LogP contribution is 2.23. The molecule has 3 aromatic carbocycles. The summed E-state index contributed by atoms with van der Waals surface area (Å²) in [6, 6.07) is 27.5. The van der Waals surface area contributed by atoms with Crippen molar-refractivity contribution < 1.29 is 23.5 Å². The molecule has 7 heteroatoms. The monoisotopic (exact) mass is 526 g/mol. The smallest absolute Gasteiger partial charge is 0.305 e. The number of hydroxylamine groups is 1. The van der Waals surface area contributed by atoms with E-state index >= 15 is 0 Å². The van der Waals surface area contributed by atoms with E-state index in [0.717, 1.165) is 46.0 Å². The molecule has 39 heavy (non-hydrogen) atoms. The minimum atomic E-state index is -0.172. The van der Waals surface area contributed by atoms with Gasteiger partial charge in [0.1, 0.15) is 23.8 Å². The first kappa shape index (κ1) is 27.7. The Morgan fingerprint density at radius 1 is 0.974 bits per heavy atom. The van der Waals surface area contributed by atoms with Gasteiger partial charge in [0.25, 0.3) is 0 Å². The van der Waals surface area contributed by atoms with E-state index in [-0.39, 0.29) is 5.97 Å². The van der Waals surface area contributed by atoms with Gasteiger partial charge in [0, 0.05) is 12.0 Å². The Kier molecular flexibility index (Phi) is 10.3. The molecule has 0 aliphatic carbocycles. The number of esters is 1. The number of carbonyl (C=O) groups is 1. The van der Waals surface area contributed by atoms with Crippen molar-refractivity contribution in [2.24, 2.45) is 0 Å². The number of nitrogens with one attached hydrogen (secondary N) is 1. The number of carbonyl (C=O) groups excluding carboxylic acids is 1. The van der Waals surface area contributed by atoms with Crippen molar-refractivity contribution in [3.63, 3.8) is 0 Å². The second-order valence-electron chi connectivity index (χ2n) is 8.90. The summed E-state index contributed by atoms with van der Waals surface area (Å²) in [5.74, 6) is 1.87. The molecule has 0 saturated carbocycles. The van der Waals surface area contributed by atoms with Crippen molar-refractivity contribution >= 4 is 11.7 Å². The van der Waals surface area contributed by atoms with Crippen LogP contribution in [0, 0.1) is 6.92 Å². The van der Waals surface area contributed by atoms with Crippen LogP contribution in [0.2, 0.25) is 0 Å². The minimum absolute atomic E-state index is 0.172. The van der Waals surface area contributed by atoms with Gasteiger partial charge in [-0.3, -0.25) is 15.1 Å². The summed E-state index contributed by atoms with van der Waals surface area (Å²) in [5.41, 5.74) is 7.58. The highest BCUT2D eigenvalue weighted by molar-refractivity contribution is 5.69. The van der Waals surface area contributed by atoms with Crippen LogP contribution in [0.3, 0.4) is 0 Å². The van der Waals surface area contributed by atoms with Gasteiger partial charge in [-0.25, -0.2) is 4.98 Å². The van der Waals surface area contributed by atoms with E-state index in [2.05, 4.69) is 10.5 Å². The van der Waals surface area contributed by atoms with Crippen molar-refractivity contribution in [1.29, 1.82) is 0 Å². The lowest BCUT2D eigenvalue weighted by Crippen LogP contribution is -2.13. The van der Waals surface area contributed by atoms with Crippen LogP contribution >= 0.6 is 0 Å². The third kappa shape index (κ3) is 8.58. The summed E-state index contributed by atoms with van der Waals surface area (Å²) in [7, 11) is 0. The molecule has 1 aromatic heterocycles. The normalized spacial score (nSPS) is 11.3. The molecule has 202 valence electrons. The van der Waals surface area contributed by atoms with Gasteiger partial charge in [-0.05, 0) is 62.1 Å². The van der Waals surface area contributed by atoms with Gasteiger partial charge in [-0.1, -0.05) is 66.7 Å². The standard InChI is InChI=1S/C32H34N2O5/c1-3-36-31(35)20-11-10-19-29(26-14-6-4-7-15-26)34-38-22-25-13-12-18-28(21-25)37-23-30-24(2)39-32(33-30)27-16-8-5-9-17-27/h4-9,12-19,21,34H,3,10-11,20,22-23H2,1-2H3. The quantitative estimate of drug-likeness (QED) is 0.107. The van der Waals surface area contributed by atoms with Gasteiger partial charge in [-0.2, -0.15) is 0 Å². The lowest BCUT2D eigenvalue weighted by molar-refractivity contribution is -0.143. The molecule has 0 aliphatic rings. The van der Waals surface area contributed by atoms with Crippen molar-refractivity contribution in [2.45, 2.75) is 46.3 Å². The average molecular weight is 527 g/mol. The van der Waals surface area contributed by atoms with Crippen LogP contribution < -0.4 is 10.2 Å². The largest absolute Gasteiger partial charge is 0.487 e. The van der Waals surface area contributed by atoms with Crippen molar-refractivity contribution in [2.75, 3.05) is 6.61 Å². The number of allylic oxidation sites excluding steroid dienone is 1. The second-order valence-corrected chi connectivity index (χ2v) is 8.90. The first-order chi connectivity index (χ1) is 19.1. The van der Waals surface area contributed by atoms with Gasteiger partial charge in [0.15, 0.2) is 0 Å². The molecule has 7 nitrogen and oxygen atoms in total. The van der Waals surface area contributed by atoms with Gasteiger partial charge in [0.05, 0.1) is 18.9 Å². The molecule has 0 radical (unpaired) electrons. The van der Waals surface area contributed by atoms with Crippen LogP contribution in [0.25, 0.3) is 17.2 Å². The Hall–Kier alpha value is -4.36. The predicted molar refractivity (Wildman–Crippen MR) is 150 cm³/mol. The van der Waals surface area contributed by atoms with E-state index in [4.69, 9.17) is 18.7 Å². The molecule has 0 atom stereocenters. The Balaban J connectivity index is 1.31. The molecule has 0 aliphatic heterocycles. The van der Waals surface area contributed by atoms with Gasteiger partial charge >= 0.3 is 5.97 Å². The second kappa shape index (κ2) is 14.5. The van der Waals surface area contributed by atoms with E-state index in [1.54, 1.807) is 0 Å². The molecular weight excluding hydrogens is 492 g/mol. The summed E-state index contributed by atoms with van der Waals surface area (Å²) in [6.45, 7) is 4.75. The molecular formula is C32H34N2O5. The molecule has 1 N–H and O–H groups in total. The number of hydrogen-bond donors (Lipinski definition) is 1. The minimum Gasteiger partial charge on any atom is -0.487 e. The van der Waals surface area contributed by atoms with Crippen LogP contribution in [-0.4, -0.2) is 17.6 Å². The molecule has 0 fully saturated rings. The fraction of sp³-hybridized carbons (Fsp3) is 0.250. The zero-order valence-electron chi connectivity index (χ0n) is 22.4. The maximum atomic E-state index is 11.6. The fourth-order valence-electron chi connectivity index (χ4n) is 3.90. The lowest BCUT2D eigenvalue weighted by Gasteiger charge is -2.13. The Labute approximate surface area is 229 Å². The maximum absolute atomic E-state index is 11.6. The van der Waals surface area contributed by atoms with Gasteiger partial charge in [-0.15, -0.1) is 0 Å². The third-order valence-corrected chi connectivity index (χ3v) is 5.93. The first-order valence-electron chi connectivity index (χ1n) is 13.1. The van der Waals surface area contributed by atoms with Gasteiger partial charge < -0.3 is 13.9 Å². The summed E-state index contributed by atoms with van der Waals surface area (Å²) >= 11 is 0. The van der Waals surface area contributed by atoms with Crippen molar-refractivity contribution in [1.82, 2.24) is 10.5 Å². The molecule has 0 unspecified atom stereocenters. The maximum Gasteiger partial charge on any atom is 0.305 e. The van der Waals surface area contributed by atoms with Gasteiger partial charge in [0.2, 0.25) is 5.89 Å². The number of nitrogens with zero attached hydrogens (tertiary/aromatic N) is 1. The van der Waals surface area contributed by atoms with E-state index in [1.807, 2.05) is 105 Å². The fourth-order valence-corrected chi connectivity index (χ4v) is 3.90. The SMILES string of the molecule is CCOC(=O)CCCC=C(NOCc1cccc(OCc2nc(-c3ccccc3)oc2C)c1)c1ccccc1. The number of ether oxygens (including phenoxy) is 2. The number of oxazole rings is 1. The van der Waals surface area contributed by atoms with Crippen LogP contribution in [0.15, 0.2) is 95.4 Å². The molecule has 1 heterocycles. The average Bonchev–Trinajstić information content (AvgIpc) is 3.35. The van der Waals surface area contributed by atoms with E-state index < -0.39 is 0 Å². The Morgan fingerprint density at radius 3 is 2.51 bits per heavy atom. The van der Waals surface area contributed by atoms with E-state index in [1.165, 1.54) is 0 Å². The number of rotatable bonds is 14. The third-order valence-electron chi connectivity index (χ3n) is 5.93. The zero-order chi connectivity index (χ0) is 27.3. The summed E-state index contributed by atoms with van der Waals surface area (Å²) < 4.78 is 16.9.